The number of benzene rings is 3. The van der Waals surface area contributed by atoms with Crippen molar-refractivity contribution in [3.05, 3.63) is 105 Å². The average Bonchev–Trinajstić information content (AvgIpc) is 2.78. The average molecular weight is 412 g/mol. The number of anilines is 1. The minimum absolute atomic E-state index is 0.153. The van der Waals surface area contributed by atoms with E-state index < -0.39 is 0 Å². The molecule has 0 fully saturated rings. The predicted octanol–water partition coefficient (Wildman–Crippen LogP) is 5.00. The first-order chi connectivity index (χ1) is 15.0. The number of pyridine rings is 1. The quantitative estimate of drug-likeness (QED) is 0.502. The van der Waals surface area contributed by atoms with Gasteiger partial charge in [-0.3, -0.25) is 9.59 Å². The van der Waals surface area contributed by atoms with Crippen LogP contribution in [0.3, 0.4) is 0 Å². The Kier molecular flexibility index (Phi) is 5.58. The van der Waals surface area contributed by atoms with Crippen LogP contribution in [0.25, 0.3) is 10.9 Å². The molecule has 0 aliphatic carbocycles. The number of rotatable bonds is 5. The number of carbonyl (C=O) groups is 1. The Hall–Kier alpha value is -3.86. The van der Waals surface area contributed by atoms with Crippen LogP contribution in [-0.2, 0) is 6.54 Å². The molecule has 0 unspecified atom stereocenters. The van der Waals surface area contributed by atoms with Gasteiger partial charge in [-0.25, -0.2) is 0 Å². The molecule has 0 atom stereocenters. The molecule has 3 aromatic carbocycles. The van der Waals surface area contributed by atoms with Gasteiger partial charge in [0.2, 0.25) is 0 Å². The molecule has 4 aromatic rings. The van der Waals surface area contributed by atoms with Crippen LogP contribution in [0.4, 0.5) is 5.69 Å². The van der Waals surface area contributed by atoms with Gasteiger partial charge in [-0.1, -0.05) is 36.4 Å². The summed E-state index contributed by atoms with van der Waals surface area (Å²) in [5.41, 5.74) is 4.40. The third-order valence-corrected chi connectivity index (χ3v) is 5.37. The van der Waals surface area contributed by atoms with Crippen LogP contribution >= 0.6 is 0 Å². The molecular weight excluding hydrogens is 388 g/mol. The van der Waals surface area contributed by atoms with Crippen molar-refractivity contribution < 1.29 is 9.53 Å². The third kappa shape index (κ3) is 4.21. The number of fused-ring (bicyclic) bond motifs is 1. The Bertz CT molecular complexity index is 1320. The molecule has 1 N–H and O–H groups in total. The molecule has 0 spiro atoms. The number of ether oxygens (including phenoxy) is 1. The number of para-hydroxylation sites is 1. The standard InChI is InChI=1S/C26H24N2O3/c1-17-11-12-19-14-21(25(29)27-23(19)13-17)16-28(24-10-5-4-7-18(24)2)26(30)20-8-6-9-22(15-20)31-3/h4-15H,16H2,1-3H3,(H,27,29). The Labute approximate surface area is 180 Å². The molecule has 4 rings (SSSR count). The molecule has 156 valence electrons. The number of aryl methyl sites for hydroxylation is 2. The van der Waals surface area contributed by atoms with E-state index in [2.05, 4.69) is 4.98 Å². The number of aromatic amines is 1. The third-order valence-electron chi connectivity index (χ3n) is 5.37. The second-order valence-electron chi connectivity index (χ2n) is 7.62. The summed E-state index contributed by atoms with van der Waals surface area (Å²) in [6.45, 7) is 4.09. The van der Waals surface area contributed by atoms with Gasteiger partial charge in [-0.15, -0.1) is 0 Å². The molecule has 0 saturated carbocycles. The largest absolute Gasteiger partial charge is 0.497 e. The van der Waals surface area contributed by atoms with Crippen molar-refractivity contribution in [2.24, 2.45) is 0 Å². The monoisotopic (exact) mass is 412 g/mol. The first kappa shape index (κ1) is 20.4. The van der Waals surface area contributed by atoms with Gasteiger partial charge in [-0.05, 0) is 66.8 Å². The summed E-state index contributed by atoms with van der Waals surface area (Å²) in [6, 6.07) is 22.5. The molecule has 0 saturated heterocycles. The summed E-state index contributed by atoms with van der Waals surface area (Å²) < 4.78 is 5.28. The molecule has 0 aliphatic rings. The van der Waals surface area contributed by atoms with Gasteiger partial charge in [0, 0.05) is 22.3 Å². The van der Waals surface area contributed by atoms with Gasteiger partial charge >= 0.3 is 0 Å². The second kappa shape index (κ2) is 8.48. The molecule has 1 amide bonds. The zero-order valence-electron chi connectivity index (χ0n) is 17.8. The molecule has 5 nitrogen and oxygen atoms in total. The van der Waals surface area contributed by atoms with Crippen molar-refractivity contribution in [1.29, 1.82) is 0 Å². The van der Waals surface area contributed by atoms with Crippen molar-refractivity contribution >= 4 is 22.5 Å². The normalized spacial score (nSPS) is 10.8. The fraction of sp³-hybridized carbons (Fsp3) is 0.154. The Morgan fingerprint density at radius 3 is 2.55 bits per heavy atom. The number of hydrogen-bond acceptors (Lipinski definition) is 3. The molecule has 31 heavy (non-hydrogen) atoms. The molecular formula is C26H24N2O3. The maximum absolute atomic E-state index is 13.5. The number of carbonyl (C=O) groups excluding carboxylic acids is 1. The van der Waals surface area contributed by atoms with Gasteiger partial charge in [0.25, 0.3) is 11.5 Å². The van der Waals surface area contributed by atoms with E-state index >= 15 is 0 Å². The van der Waals surface area contributed by atoms with E-state index in [1.165, 1.54) is 0 Å². The fourth-order valence-corrected chi connectivity index (χ4v) is 3.69. The number of aromatic nitrogens is 1. The second-order valence-corrected chi connectivity index (χ2v) is 7.62. The summed E-state index contributed by atoms with van der Waals surface area (Å²) in [6.07, 6.45) is 0. The lowest BCUT2D eigenvalue weighted by molar-refractivity contribution is 0.0984. The van der Waals surface area contributed by atoms with Crippen molar-refractivity contribution in [2.75, 3.05) is 12.0 Å². The van der Waals surface area contributed by atoms with E-state index in [1.54, 1.807) is 36.3 Å². The zero-order valence-corrected chi connectivity index (χ0v) is 17.8. The molecule has 1 heterocycles. The summed E-state index contributed by atoms with van der Waals surface area (Å²) >= 11 is 0. The minimum atomic E-state index is -0.199. The Morgan fingerprint density at radius 2 is 1.77 bits per heavy atom. The topological polar surface area (TPSA) is 62.4 Å². The van der Waals surface area contributed by atoms with Crippen molar-refractivity contribution in [3.63, 3.8) is 0 Å². The van der Waals surface area contributed by atoms with E-state index in [0.29, 0.717) is 16.9 Å². The SMILES string of the molecule is COc1cccc(C(=O)N(Cc2cc3ccc(C)cc3[nH]c2=O)c2ccccc2C)c1. The van der Waals surface area contributed by atoms with Crippen LogP contribution in [0, 0.1) is 13.8 Å². The van der Waals surface area contributed by atoms with Crippen LogP contribution < -0.4 is 15.2 Å². The van der Waals surface area contributed by atoms with Crippen LogP contribution in [0.15, 0.2) is 77.6 Å². The summed E-state index contributed by atoms with van der Waals surface area (Å²) in [5, 5.41) is 0.929. The van der Waals surface area contributed by atoms with E-state index in [-0.39, 0.29) is 18.0 Å². The van der Waals surface area contributed by atoms with Gasteiger partial charge in [0.05, 0.1) is 13.7 Å². The molecule has 1 aromatic heterocycles. The Balaban J connectivity index is 1.80. The lowest BCUT2D eigenvalue weighted by Crippen LogP contribution is -2.33. The van der Waals surface area contributed by atoms with Gasteiger partial charge < -0.3 is 14.6 Å². The first-order valence-corrected chi connectivity index (χ1v) is 10.1. The van der Waals surface area contributed by atoms with Crippen LogP contribution in [0.1, 0.15) is 27.0 Å². The van der Waals surface area contributed by atoms with Gasteiger partial charge in [-0.2, -0.15) is 0 Å². The van der Waals surface area contributed by atoms with E-state index in [0.717, 1.165) is 27.7 Å². The maximum Gasteiger partial charge on any atom is 0.258 e. The predicted molar refractivity (Wildman–Crippen MR) is 124 cm³/mol. The van der Waals surface area contributed by atoms with Gasteiger partial charge in [0.1, 0.15) is 5.75 Å². The highest BCUT2D eigenvalue weighted by Crippen LogP contribution is 2.25. The highest BCUT2D eigenvalue weighted by atomic mass is 16.5. The lowest BCUT2D eigenvalue weighted by Gasteiger charge is -2.25. The number of hydrogen-bond donors (Lipinski definition) is 1. The molecule has 0 aliphatic heterocycles. The summed E-state index contributed by atoms with van der Waals surface area (Å²) in [7, 11) is 1.57. The minimum Gasteiger partial charge on any atom is -0.497 e. The van der Waals surface area contributed by atoms with Gasteiger partial charge in [0.15, 0.2) is 0 Å². The zero-order chi connectivity index (χ0) is 22.0. The van der Waals surface area contributed by atoms with Crippen molar-refractivity contribution in [2.45, 2.75) is 20.4 Å². The number of nitrogens with zero attached hydrogens (tertiary/aromatic N) is 1. The highest BCUT2D eigenvalue weighted by Gasteiger charge is 2.21. The highest BCUT2D eigenvalue weighted by molar-refractivity contribution is 6.06. The number of methoxy groups -OCH3 is 1. The fourth-order valence-electron chi connectivity index (χ4n) is 3.69. The smallest absolute Gasteiger partial charge is 0.258 e. The molecule has 5 heteroatoms. The van der Waals surface area contributed by atoms with Crippen LogP contribution in [-0.4, -0.2) is 18.0 Å². The Morgan fingerprint density at radius 1 is 0.968 bits per heavy atom. The van der Waals surface area contributed by atoms with E-state index in [1.807, 2.05) is 62.4 Å². The van der Waals surface area contributed by atoms with Crippen molar-refractivity contribution in [1.82, 2.24) is 4.98 Å². The lowest BCUT2D eigenvalue weighted by atomic mass is 10.1. The van der Waals surface area contributed by atoms with Crippen LogP contribution in [0.5, 0.6) is 5.75 Å². The number of nitrogens with one attached hydrogen (secondary N) is 1. The maximum atomic E-state index is 13.5. The summed E-state index contributed by atoms with van der Waals surface area (Å²) in [4.78, 5) is 31.0. The molecule has 0 bridgehead atoms. The van der Waals surface area contributed by atoms with Crippen molar-refractivity contribution in [3.8, 4) is 5.75 Å². The molecule has 0 radical (unpaired) electrons. The summed E-state index contributed by atoms with van der Waals surface area (Å²) in [5.74, 6) is 0.408. The number of H-pyrrole nitrogens is 1. The van der Waals surface area contributed by atoms with Crippen LogP contribution in [0.2, 0.25) is 0 Å². The first-order valence-electron chi connectivity index (χ1n) is 10.1. The van der Waals surface area contributed by atoms with E-state index in [4.69, 9.17) is 4.74 Å². The van der Waals surface area contributed by atoms with E-state index in [9.17, 15) is 9.59 Å². The number of amides is 1.